The number of rotatable bonds is 1. The number of nitrogens with one attached hydrogen (secondary N) is 1. The molecule has 1 aromatic carbocycles. The van der Waals surface area contributed by atoms with E-state index in [2.05, 4.69) is 10.3 Å². The Hall–Kier alpha value is -0.880. The van der Waals surface area contributed by atoms with E-state index in [0.29, 0.717) is 10.9 Å². The number of amidine groups is 1. The minimum atomic E-state index is -4.38. The first kappa shape index (κ1) is 14.5. The molecule has 1 aromatic rings. The lowest BCUT2D eigenvalue weighted by Gasteiger charge is -2.18. The van der Waals surface area contributed by atoms with Crippen molar-refractivity contribution in [2.24, 2.45) is 4.99 Å². The van der Waals surface area contributed by atoms with Crippen molar-refractivity contribution >= 4 is 34.2 Å². The molecule has 104 valence electrons. The highest BCUT2D eigenvalue weighted by Crippen LogP contribution is 2.34. The van der Waals surface area contributed by atoms with Gasteiger partial charge in [-0.3, -0.25) is 4.99 Å². The number of anilines is 1. The molecule has 7 heteroatoms. The molecule has 1 unspecified atom stereocenters. The van der Waals surface area contributed by atoms with Gasteiger partial charge >= 0.3 is 6.18 Å². The van der Waals surface area contributed by atoms with Crippen molar-refractivity contribution in [2.45, 2.75) is 25.6 Å². The predicted octanol–water partition coefficient (Wildman–Crippen LogP) is 4.65. The Kier molecular flexibility index (Phi) is 4.30. The standard InChI is InChI=1S/C12H12ClF3N2S/c1-7-4-5-19-11(17-7)18-10-3-2-8(6-9(10)13)12(14,15)16/h2-3,6-7H,4-5H2,1H3,(H,17,18). The van der Waals surface area contributed by atoms with Crippen molar-refractivity contribution in [3.05, 3.63) is 28.8 Å². The van der Waals surface area contributed by atoms with Gasteiger partial charge in [-0.05, 0) is 31.5 Å². The highest BCUT2D eigenvalue weighted by atomic mass is 35.5. The number of nitrogens with zero attached hydrogens (tertiary/aromatic N) is 1. The van der Waals surface area contributed by atoms with Crippen molar-refractivity contribution in [3.63, 3.8) is 0 Å². The Labute approximate surface area is 118 Å². The summed E-state index contributed by atoms with van der Waals surface area (Å²) in [5.41, 5.74) is -0.315. The van der Waals surface area contributed by atoms with Crippen molar-refractivity contribution in [3.8, 4) is 0 Å². The maximum atomic E-state index is 12.5. The number of benzene rings is 1. The van der Waals surface area contributed by atoms with Crippen LogP contribution in [0.1, 0.15) is 18.9 Å². The Morgan fingerprint density at radius 2 is 2.16 bits per heavy atom. The van der Waals surface area contributed by atoms with E-state index < -0.39 is 11.7 Å². The van der Waals surface area contributed by atoms with Gasteiger partial charge in [-0.15, -0.1) is 0 Å². The van der Waals surface area contributed by atoms with Gasteiger partial charge in [0.25, 0.3) is 0 Å². The van der Waals surface area contributed by atoms with Gasteiger partial charge in [0.2, 0.25) is 0 Å². The molecule has 0 saturated heterocycles. The second kappa shape index (κ2) is 5.63. The average molecular weight is 309 g/mol. The molecule has 0 amide bonds. The van der Waals surface area contributed by atoms with E-state index in [0.717, 1.165) is 24.3 Å². The Balaban J connectivity index is 2.18. The highest BCUT2D eigenvalue weighted by Gasteiger charge is 2.31. The van der Waals surface area contributed by atoms with Crippen LogP contribution in [0, 0.1) is 0 Å². The molecular weight excluding hydrogens is 297 g/mol. The Bertz CT molecular complexity index is 502. The van der Waals surface area contributed by atoms with Crippen LogP contribution in [-0.4, -0.2) is 17.0 Å². The average Bonchev–Trinajstić information content (AvgIpc) is 2.30. The predicted molar refractivity (Wildman–Crippen MR) is 74.0 cm³/mol. The van der Waals surface area contributed by atoms with Gasteiger partial charge in [-0.25, -0.2) is 0 Å². The number of halogens is 4. The number of hydrogen-bond donors (Lipinski definition) is 1. The van der Waals surface area contributed by atoms with Gasteiger partial charge in [-0.2, -0.15) is 13.2 Å². The van der Waals surface area contributed by atoms with Crippen LogP contribution in [0.15, 0.2) is 23.2 Å². The van der Waals surface area contributed by atoms with E-state index in [1.165, 1.54) is 17.8 Å². The first-order valence-electron chi connectivity index (χ1n) is 5.70. The van der Waals surface area contributed by atoms with Crippen molar-refractivity contribution in [2.75, 3.05) is 11.1 Å². The van der Waals surface area contributed by atoms with Gasteiger partial charge in [0.1, 0.15) is 0 Å². The minimum Gasteiger partial charge on any atom is -0.334 e. The summed E-state index contributed by atoms with van der Waals surface area (Å²) in [7, 11) is 0. The number of hydrogen-bond acceptors (Lipinski definition) is 3. The molecule has 2 nitrogen and oxygen atoms in total. The van der Waals surface area contributed by atoms with E-state index in [-0.39, 0.29) is 11.1 Å². The lowest BCUT2D eigenvalue weighted by molar-refractivity contribution is -0.137. The van der Waals surface area contributed by atoms with E-state index >= 15 is 0 Å². The Morgan fingerprint density at radius 3 is 2.74 bits per heavy atom. The second-order valence-electron chi connectivity index (χ2n) is 4.24. The molecule has 1 heterocycles. The van der Waals surface area contributed by atoms with Crippen LogP contribution in [0.25, 0.3) is 0 Å². The fraction of sp³-hybridized carbons (Fsp3) is 0.417. The van der Waals surface area contributed by atoms with Crippen LogP contribution in [0.4, 0.5) is 18.9 Å². The fourth-order valence-electron chi connectivity index (χ4n) is 1.60. The number of alkyl halides is 3. The molecule has 0 fully saturated rings. The largest absolute Gasteiger partial charge is 0.416 e. The number of aliphatic imine (C=N–C) groups is 1. The van der Waals surface area contributed by atoms with E-state index in [1.54, 1.807) is 0 Å². The molecule has 2 rings (SSSR count). The maximum absolute atomic E-state index is 12.5. The Morgan fingerprint density at radius 1 is 1.42 bits per heavy atom. The zero-order chi connectivity index (χ0) is 14.0. The summed E-state index contributed by atoms with van der Waals surface area (Å²) in [6.45, 7) is 2.00. The lowest BCUT2D eigenvalue weighted by atomic mass is 10.2. The van der Waals surface area contributed by atoms with Gasteiger partial charge in [0, 0.05) is 5.75 Å². The first-order chi connectivity index (χ1) is 8.86. The van der Waals surface area contributed by atoms with Gasteiger partial charge in [0.15, 0.2) is 5.17 Å². The monoisotopic (exact) mass is 308 g/mol. The molecule has 0 bridgehead atoms. The van der Waals surface area contributed by atoms with Crippen molar-refractivity contribution in [1.82, 2.24) is 0 Å². The van der Waals surface area contributed by atoms with E-state index in [9.17, 15) is 13.2 Å². The molecule has 1 N–H and O–H groups in total. The smallest absolute Gasteiger partial charge is 0.334 e. The number of thioether (sulfide) groups is 1. The third-order valence-electron chi connectivity index (χ3n) is 2.65. The third kappa shape index (κ3) is 3.79. The summed E-state index contributed by atoms with van der Waals surface area (Å²) < 4.78 is 37.5. The highest BCUT2D eigenvalue weighted by molar-refractivity contribution is 8.14. The lowest BCUT2D eigenvalue weighted by Crippen LogP contribution is -2.18. The van der Waals surface area contributed by atoms with E-state index in [1.807, 2.05) is 6.92 Å². The molecule has 1 aliphatic heterocycles. The molecular formula is C12H12ClF3N2S. The maximum Gasteiger partial charge on any atom is 0.416 e. The van der Waals surface area contributed by atoms with Gasteiger partial charge < -0.3 is 5.32 Å². The van der Waals surface area contributed by atoms with E-state index in [4.69, 9.17) is 11.6 Å². The zero-order valence-corrected chi connectivity index (χ0v) is 11.7. The van der Waals surface area contributed by atoms with Crippen LogP contribution in [-0.2, 0) is 6.18 Å². The first-order valence-corrected chi connectivity index (χ1v) is 7.07. The van der Waals surface area contributed by atoms with Gasteiger partial charge in [-0.1, -0.05) is 23.4 Å². The van der Waals surface area contributed by atoms with Crippen molar-refractivity contribution < 1.29 is 13.2 Å². The molecule has 19 heavy (non-hydrogen) atoms. The summed E-state index contributed by atoms with van der Waals surface area (Å²) in [5, 5.41) is 3.70. The van der Waals surface area contributed by atoms with Crippen LogP contribution < -0.4 is 5.32 Å². The minimum absolute atomic E-state index is 0.0383. The quantitative estimate of drug-likeness (QED) is 0.816. The van der Waals surface area contributed by atoms with Crippen LogP contribution in [0.3, 0.4) is 0 Å². The molecule has 0 spiro atoms. The third-order valence-corrected chi connectivity index (χ3v) is 3.88. The van der Waals surface area contributed by atoms with Crippen LogP contribution >= 0.6 is 23.4 Å². The fourth-order valence-corrected chi connectivity index (χ4v) is 2.92. The SMILES string of the molecule is CC1CCSC(Nc2ccc(C(F)(F)F)cc2Cl)=N1. The molecule has 0 radical (unpaired) electrons. The second-order valence-corrected chi connectivity index (χ2v) is 5.73. The van der Waals surface area contributed by atoms with Crippen LogP contribution in [0.5, 0.6) is 0 Å². The van der Waals surface area contributed by atoms with Crippen LogP contribution in [0.2, 0.25) is 5.02 Å². The summed E-state index contributed by atoms with van der Waals surface area (Å²) >= 11 is 7.40. The molecule has 1 atom stereocenters. The molecule has 1 aliphatic rings. The molecule has 0 aliphatic carbocycles. The summed E-state index contributed by atoms with van der Waals surface area (Å²) in [6, 6.07) is 3.47. The van der Waals surface area contributed by atoms with Gasteiger partial charge in [0.05, 0.1) is 22.3 Å². The summed E-state index contributed by atoms with van der Waals surface area (Å²) in [6.07, 6.45) is -3.38. The molecule has 0 saturated carbocycles. The zero-order valence-electron chi connectivity index (χ0n) is 10.1. The summed E-state index contributed by atoms with van der Waals surface area (Å²) in [5.74, 6) is 0.936. The summed E-state index contributed by atoms with van der Waals surface area (Å²) in [4.78, 5) is 4.38. The molecule has 0 aromatic heterocycles. The normalized spacial score (nSPS) is 20.1. The topological polar surface area (TPSA) is 24.4 Å². The van der Waals surface area contributed by atoms with Crippen molar-refractivity contribution in [1.29, 1.82) is 0 Å².